The minimum absolute atomic E-state index is 0.0835. The van der Waals surface area contributed by atoms with Crippen molar-refractivity contribution in [2.24, 2.45) is 11.5 Å². The van der Waals surface area contributed by atoms with Gasteiger partial charge in [0.05, 0.1) is 18.2 Å². The van der Waals surface area contributed by atoms with Gasteiger partial charge < -0.3 is 47.1 Å². The fraction of sp³-hybridized carbons (Fsp3) is 0.607. The van der Waals surface area contributed by atoms with E-state index in [1.54, 1.807) is 12.1 Å². The zero-order valence-electron chi connectivity index (χ0n) is 23.9. The van der Waals surface area contributed by atoms with Crippen LogP contribution in [0.3, 0.4) is 0 Å². The Morgan fingerprint density at radius 1 is 1.05 bits per heavy atom. The van der Waals surface area contributed by atoms with Crippen LogP contribution in [0.15, 0.2) is 24.3 Å². The molecule has 5 atom stereocenters. The highest BCUT2D eigenvalue weighted by molar-refractivity contribution is 5.90. The van der Waals surface area contributed by atoms with Gasteiger partial charge in [0.15, 0.2) is 0 Å². The highest BCUT2D eigenvalue weighted by Gasteiger charge is 2.39. The van der Waals surface area contributed by atoms with Crippen molar-refractivity contribution < 1.29 is 44.0 Å². The number of piperidine rings is 1. The van der Waals surface area contributed by atoms with Crippen LogP contribution in [0.5, 0.6) is 5.75 Å². The number of phenols is 1. The number of ether oxygens (including phenoxy) is 1. The van der Waals surface area contributed by atoms with E-state index in [1.165, 1.54) is 24.1 Å². The number of nitrogens with zero attached hydrogens (tertiary/aromatic N) is 1. The minimum Gasteiger partial charge on any atom is -0.508 e. The van der Waals surface area contributed by atoms with E-state index in [-0.39, 0.29) is 31.4 Å². The molecule has 1 saturated heterocycles. The normalized spacial score (nSPS) is 18.9. The lowest BCUT2D eigenvalue weighted by molar-refractivity contribution is -0.148. The molecule has 14 nitrogen and oxygen atoms in total. The quantitative estimate of drug-likeness (QED) is 0.116. The number of carboxylic acid groups (broad SMARTS) is 2. The second kappa shape index (κ2) is 17.3. The summed E-state index contributed by atoms with van der Waals surface area (Å²) in [6, 6.07) is 2.22. The molecule has 42 heavy (non-hydrogen) atoms. The van der Waals surface area contributed by atoms with Crippen LogP contribution in [0.25, 0.3) is 0 Å². The van der Waals surface area contributed by atoms with Crippen LogP contribution in [-0.2, 0) is 35.1 Å². The van der Waals surface area contributed by atoms with Crippen LogP contribution < -0.4 is 22.1 Å². The van der Waals surface area contributed by atoms with Gasteiger partial charge in [0, 0.05) is 26.5 Å². The summed E-state index contributed by atoms with van der Waals surface area (Å²) in [5, 5.41) is 32.9. The topological polar surface area (TPSA) is 235 Å². The van der Waals surface area contributed by atoms with Crippen molar-refractivity contribution in [3.05, 3.63) is 29.8 Å². The third-order valence-electron chi connectivity index (χ3n) is 7.27. The van der Waals surface area contributed by atoms with E-state index in [2.05, 4.69) is 10.6 Å². The molecule has 0 saturated carbocycles. The Balaban J connectivity index is 2.19. The molecule has 1 aromatic rings. The number of unbranched alkanes of at least 4 members (excludes halogenated alkanes) is 1. The number of carbonyl (C=O) groups excluding carboxylic acids is 3. The van der Waals surface area contributed by atoms with Crippen molar-refractivity contribution in [3.8, 4) is 5.75 Å². The van der Waals surface area contributed by atoms with Crippen LogP contribution >= 0.6 is 0 Å². The summed E-state index contributed by atoms with van der Waals surface area (Å²) in [6.45, 7) is 0.695. The number of benzene rings is 1. The number of carboxylic acids is 2. The first-order valence-corrected chi connectivity index (χ1v) is 14.1. The number of amides is 3. The number of likely N-dealkylation sites (tertiary alicyclic amines) is 1. The lowest BCUT2D eigenvalue weighted by atomic mass is 9.93. The van der Waals surface area contributed by atoms with E-state index >= 15 is 0 Å². The molecule has 234 valence electrons. The maximum atomic E-state index is 13.9. The number of hydrogen-bond donors (Lipinski definition) is 7. The van der Waals surface area contributed by atoms with Gasteiger partial charge in [0.2, 0.25) is 17.7 Å². The zero-order valence-corrected chi connectivity index (χ0v) is 23.9. The van der Waals surface area contributed by atoms with Crippen molar-refractivity contribution in [3.63, 3.8) is 0 Å². The Morgan fingerprint density at radius 3 is 2.33 bits per heavy atom. The fourth-order valence-corrected chi connectivity index (χ4v) is 4.99. The molecule has 0 bridgehead atoms. The van der Waals surface area contributed by atoms with E-state index in [0.717, 1.165) is 5.56 Å². The first-order chi connectivity index (χ1) is 20.0. The summed E-state index contributed by atoms with van der Waals surface area (Å²) in [5.41, 5.74) is 12.5. The summed E-state index contributed by atoms with van der Waals surface area (Å²) < 4.78 is 5.58. The number of hydrogen-bond acceptors (Lipinski definition) is 9. The summed E-state index contributed by atoms with van der Waals surface area (Å²) in [6.07, 6.45) is 1.26. The highest BCUT2D eigenvalue weighted by atomic mass is 16.5. The molecule has 1 aromatic carbocycles. The number of aliphatic carboxylic acids is 2. The number of aromatic hydroxyl groups is 1. The first kappa shape index (κ1) is 34.5. The predicted octanol–water partition coefficient (Wildman–Crippen LogP) is -0.294. The molecular weight excluding hydrogens is 550 g/mol. The monoisotopic (exact) mass is 593 g/mol. The molecule has 0 aromatic heterocycles. The van der Waals surface area contributed by atoms with Gasteiger partial charge in [-0.05, 0) is 69.2 Å². The summed E-state index contributed by atoms with van der Waals surface area (Å²) in [7, 11) is 1.46. The molecule has 2 rings (SSSR count). The van der Waals surface area contributed by atoms with E-state index < -0.39 is 66.4 Å². The summed E-state index contributed by atoms with van der Waals surface area (Å²) >= 11 is 0. The number of nitrogens with one attached hydrogen (secondary N) is 2. The predicted molar refractivity (Wildman–Crippen MR) is 151 cm³/mol. The molecule has 3 amide bonds. The van der Waals surface area contributed by atoms with Crippen LogP contribution in [0.1, 0.15) is 56.9 Å². The molecule has 1 fully saturated rings. The average molecular weight is 594 g/mol. The van der Waals surface area contributed by atoms with Crippen LogP contribution in [-0.4, -0.2) is 100 Å². The molecular formula is C28H43N5O9. The lowest BCUT2D eigenvalue weighted by Crippen LogP contribution is -2.60. The zero-order chi connectivity index (χ0) is 31.2. The van der Waals surface area contributed by atoms with E-state index in [0.29, 0.717) is 38.8 Å². The second-order valence-corrected chi connectivity index (χ2v) is 10.4. The standard InChI is InChI=1S/C28H43N5O9/c1-42-23-6-4-14-33(22(23)16-24(35)31-21(28(40)41)11-12-25(36)37)27(39)20(5-2-3-13-29)32-26(38)19(30)15-17-7-9-18(34)10-8-17/h7-10,19-23,34H,2-6,11-16,29-30H2,1H3,(H,31,35)(H,32,38)(H,36,37)(H,40,41)/t19-,20-,21-,22+,23+/m0/s1. The molecule has 0 unspecified atom stereocenters. The molecule has 0 radical (unpaired) electrons. The summed E-state index contributed by atoms with van der Waals surface area (Å²) in [5.74, 6) is -4.09. The maximum absolute atomic E-state index is 13.9. The molecule has 0 spiro atoms. The van der Waals surface area contributed by atoms with Crippen LogP contribution in [0.2, 0.25) is 0 Å². The molecule has 1 heterocycles. The summed E-state index contributed by atoms with van der Waals surface area (Å²) in [4.78, 5) is 63.8. The van der Waals surface area contributed by atoms with Crippen molar-refractivity contribution >= 4 is 29.7 Å². The Hall–Kier alpha value is -3.75. The smallest absolute Gasteiger partial charge is 0.326 e. The number of methoxy groups -OCH3 is 1. The number of phenolic OH excluding ortho intramolecular Hbond substituents is 1. The maximum Gasteiger partial charge on any atom is 0.326 e. The third-order valence-corrected chi connectivity index (χ3v) is 7.27. The molecule has 0 aliphatic carbocycles. The van der Waals surface area contributed by atoms with Crippen LogP contribution in [0.4, 0.5) is 0 Å². The van der Waals surface area contributed by atoms with Crippen LogP contribution in [0, 0.1) is 0 Å². The largest absolute Gasteiger partial charge is 0.508 e. The Bertz CT molecular complexity index is 1070. The van der Waals surface area contributed by atoms with Crippen molar-refractivity contribution in [1.29, 1.82) is 0 Å². The Morgan fingerprint density at radius 2 is 1.74 bits per heavy atom. The van der Waals surface area contributed by atoms with E-state index in [9.17, 15) is 34.2 Å². The fourth-order valence-electron chi connectivity index (χ4n) is 4.99. The third kappa shape index (κ3) is 10.9. The van der Waals surface area contributed by atoms with Gasteiger partial charge >= 0.3 is 11.9 Å². The highest BCUT2D eigenvalue weighted by Crippen LogP contribution is 2.25. The van der Waals surface area contributed by atoms with Gasteiger partial charge in [0.1, 0.15) is 17.8 Å². The lowest BCUT2D eigenvalue weighted by Gasteiger charge is -2.42. The van der Waals surface area contributed by atoms with Gasteiger partial charge in [-0.3, -0.25) is 19.2 Å². The Labute approximate surface area is 244 Å². The van der Waals surface area contributed by atoms with Gasteiger partial charge in [-0.1, -0.05) is 12.1 Å². The van der Waals surface area contributed by atoms with Gasteiger partial charge in [0.25, 0.3) is 0 Å². The molecule has 1 aliphatic heterocycles. The van der Waals surface area contributed by atoms with E-state index in [4.69, 9.17) is 21.3 Å². The second-order valence-electron chi connectivity index (χ2n) is 10.4. The van der Waals surface area contributed by atoms with Crippen molar-refractivity contribution in [2.45, 2.75) is 88.1 Å². The molecule has 14 heteroatoms. The van der Waals surface area contributed by atoms with E-state index in [1.807, 2.05) is 0 Å². The van der Waals surface area contributed by atoms with Gasteiger partial charge in [-0.25, -0.2) is 4.79 Å². The number of rotatable bonds is 17. The van der Waals surface area contributed by atoms with Crippen molar-refractivity contribution in [2.75, 3.05) is 20.2 Å². The van der Waals surface area contributed by atoms with Gasteiger partial charge in [-0.2, -0.15) is 0 Å². The molecule has 1 aliphatic rings. The Kier molecular flexibility index (Phi) is 14.2. The van der Waals surface area contributed by atoms with Crippen molar-refractivity contribution in [1.82, 2.24) is 15.5 Å². The first-order valence-electron chi connectivity index (χ1n) is 14.1. The number of nitrogens with two attached hydrogens (primary N) is 2. The van der Waals surface area contributed by atoms with Gasteiger partial charge in [-0.15, -0.1) is 0 Å². The number of carbonyl (C=O) groups is 5. The molecule has 9 N–H and O–H groups in total. The SMILES string of the molecule is CO[C@@H]1CCCN(C(=O)[C@H](CCCCN)NC(=O)[C@@H](N)Cc2ccc(O)cc2)[C@@H]1CC(=O)N[C@@H](CCC(=O)O)C(=O)O. The average Bonchev–Trinajstić information content (AvgIpc) is 2.95. The minimum atomic E-state index is -1.40.